The van der Waals surface area contributed by atoms with E-state index in [2.05, 4.69) is 15.8 Å². The Morgan fingerprint density at radius 2 is 1.90 bits per heavy atom. The molecular formula is C22H18N4O4S. The van der Waals surface area contributed by atoms with Gasteiger partial charge in [-0.05, 0) is 48.0 Å². The summed E-state index contributed by atoms with van der Waals surface area (Å²) in [7, 11) is -1.06. The molecule has 31 heavy (non-hydrogen) atoms. The first-order chi connectivity index (χ1) is 15.0. The summed E-state index contributed by atoms with van der Waals surface area (Å²) >= 11 is 0. The fourth-order valence-corrected chi connectivity index (χ4v) is 3.66. The van der Waals surface area contributed by atoms with E-state index in [-0.39, 0.29) is 12.1 Å². The van der Waals surface area contributed by atoms with Crippen LogP contribution in [0, 0.1) is 11.3 Å². The first-order valence-corrected chi connectivity index (χ1v) is 10.5. The van der Waals surface area contributed by atoms with Gasteiger partial charge in [0.25, 0.3) is 5.56 Å². The number of hydrogen-bond acceptors (Lipinski definition) is 5. The third-order valence-corrected chi connectivity index (χ3v) is 5.27. The maximum Gasteiger partial charge on any atom is 0.274 e. The Morgan fingerprint density at radius 1 is 1.13 bits per heavy atom. The number of hydrogen-bond donors (Lipinski definition) is 3. The van der Waals surface area contributed by atoms with Crippen molar-refractivity contribution < 1.29 is 13.2 Å². The van der Waals surface area contributed by atoms with Gasteiger partial charge < -0.3 is 14.3 Å². The van der Waals surface area contributed by atoms with Crippen LogP contribution in [0.1, 0.15) is 11.1 Å². The standard InChI is InChI=1S/C22H18N4O4S/c1-26-13-19(17-8-9-24-21(17)22(26)27)18-10-15(12-25-31(28)29)4-7-20(18)30-16-5-2-14(11-23)3-6-16/h2-10,13,24,31H,12H2,1H3,(H,25,28,29). The molecule has 0 aliphatic carbocycles. The highest BCUT2D eigenvalue weighted by Crippen LogP contribution is 2.37. The summed E-state index contributed by atoms with van der Waals surface area (Å²) < 4.78 is 31.9. The van der Waals surface area contributed by atoms with E-state index < -0.39 is 10.9 Å². The monoisotopic (exact) mass is 434 g/mol. The molecule has 0 saturated carbocycles. The van der Waals surface area contributed by atoms with Crippen LogP contribution < -0.4 is 15.0 Å². The number of nitriles is 1. The van der Waals surface area contributed by atoms with E-state index >= 15 is 0 Å². The first kappa shape index (κ1) is 20.4. The summed E-state index contributed by atoms with van der Waals surface area (Å²) in [6.45, 7) is 0.130. The molecule has 156 valence electrons. The maximum atomic E-state index is 12.5. The Bertz CT molecular complexity index is 1440. The minimum absolute atomic E-state index is 0.130. The minimum atomic E-state index is -2.73. The van der Waals surface area contributed by atoms with Gasteiger partial charge in [-0.2, -0.15) is 5.26 Å². The Morgan fingerprint density at radius 3 is 2.61 bits per heavy atom. The van der Waals surface area contributed by atoms with E-state index in [0.29, 0.717) is 28.1 Å². The number of aromatic nitrogens is 2. The number of thiol groups is 1. The second-order valence-electron chi connectivity index (χ2n) is 6.89. The van der Waals surface area contributed by atoms with Crippen LogP contribution in [0.25, 0.3) is 22.0 Å². The van der Waals surface area contributed by atoms with Gasteiger partial charge in [-0.25, -0.2) is 13.1 Å². The molecule has 0 aliphatic heterocycles. The molecule has 2 aromatic carbocycles. The van der Waals surface area contributed by atoms with Crippen LogP contribution in [0.4, 0.5) is 0 Å². The molecule has 0 amide bonds. The van der Waals surface area contributed by atoms with Gasteiger partial charge in [0.2, 0.25) is 10.9 Å². The van der Waals surface area contributed by atoms with Crippen LogP contribution in [-0.2, 0) is 24.5 Å². The molecule has 8 nitrogen and oxygen atoms in total. The van der Waals surface area contributed by atoms with Gasteiger partial charge in [-0.1, -0.05) is 6.07 Å². The molecule has 0 unspecified atom stereocenters. The Labute approximate surface area is 179 Å². The number of H-pyrrole nitrogens is 1. The number of aryl methyl sites for hydroxylation is 1. The number of nitrogens with one attached hydrogen (secondary N) is 2. The number of ether oxygens (including phenoxy) is 1. The van der Waals surface area contributed by atoms with E-state index in [0.717, 1.165) is 16.5 Å². The van der Waals surface area contributed by atoms with Gasteiger partial charge >= 0.3 is 0 Å². The normalized spacial score (nSPS) is 11.0. The Balaban J connectivity index is 1.86. The molecule has 2 N–H and O–H groups in total. The van der Waals surface area contributed by atoms with Crippen molar-refractivity contribution in [3.05, 3.63) is 82.4 Å². The van der Waals surface area contributed by atoms with Gasteiger partial charge in [-0.3, -0.25) is 4.79 Å². The number of rotatable bonds is 6. The average Bonchev–Trinajstić information content (AvgIpc) is 3.26. The smallest absolute Gasteiger partial charge is 0.274 e. The molecule has 2 aromatic heterocycles. The van der Waals surface area contributed by atoms with Gasteiger partial charge in [-0.15, -0.1) is 0 Å². The lowest BCUT2D eigenvalue weighted by molar-refractivity contribution is 0.484. The van der Waals surface area contributed by atoms with Gasteiger partial charge in [0.1, 0.15) is 17.0 Å². The maximum absolute atomic E-state index is 12.5. The summed E-state index contributed by atoms with van der Waals surface area (Å²) in [5, 5.41) is 9.72. The fourth-order valence-electron chi connectivity index (χ4n) is 3.35. The number of pyridine rings is 1. The second kappa shape index (κ2) is 8.47. The summed E-state index contributed by atoms with van der Waals surface area (Å²) in [5.74, 6) is 1.07. The summed E-state index contributed by atoms with van der Waals surface area (Å²) in [6.07, 6.45) is 3.43. The number of aromatic amines is 1. The van der Waals surface area contributed by atoms with Crippen molar-refractivity contribution in [3.8, 4) is 28.7 Å². The zero-order chi connectivity index (χ0) is 22.0. The predicted octanol–water partition coefficient (Wildman–Crippen LogP) is 2.81. The highest BCUT2D eigenvalue weighted by atomic mass is 32.2. The van der Waals surface area contributed by atoms with Crippen molar-refractivity contribution in [1.29, 1.82) is 5.26 Å². The van der Waals surface area contributed by atoms with Crippen molar-refractivity contribution in [3.63, 3.8) is 0 Å². The van der Waals surface area contributed by atoms with Gasteiger partial charge in [0.15, 0.2) is 0 Å². The lowest BCUT2D eigenvalue weighted by atomic mass is 10.0. The highest BCUT2D eigenvalue weighted by molar-refractivity contribution is 7.70. The van der Waals surface area contributed by atoms with Gasteiger partial charge in [0.05, 0.1) is 11.6 Å². The molecular weight excluding hydrogens is 416 g/mol. The van der Waals surface area contributed by atoms with Crippen molar-refractivity contribution in [2.45, 2.75) is 6.54 Å². The second-order valence-corrected chi connectivity index (χ2v) is 7.72. The summed E-state index contributed by atoms with van der Waals surface area (Å²) in [4.78, 5) is 15.4. The molecule has 0 spiro atoms. The Hall–Kier alpha value is -3.87. The number of benzene rings is 2. The summed E-state index contributed by atoms with van der Waals surface area (Å²) in [5.41, 5.74) is 3.03. The minimum Gasteiger partial charge on any atom is -0.457 e. The molecule has 0 saturated heterocycles. The van der Waals surface area contributed by atoms with Crippen LogP contribution >= 0.6 is 0 Å². The largest absolute Gasteiger partial charge is 0.457 e. The van der Waals surface area contributed by atoms with Crippen molar-refractivity contribution in [1.82, 2.24) is 14.3 Å². The van der Waals surface area contributed by atoms with Crippen molar-refractivity contribution >= 4 is 21.8 Å². The molecule has 0 fully saturated rings. The number of nitrogens with zero attached hydrogens (tertiary/aromatic N) is 2. The molecule has 0 radical (unpaired) electrons. The van der Waals surface area contributed by atoms with E-state index in [1.165, 1.54) is 4.57 Å². The zero-order valence-corrected chi connectivity index (χ0v) is 17.3. The molecule has 9 heteroatoms. The van der Waals surface area contributed by atoms with Crippen molar-refractivity contribution in [2.24, 2.45) is 7.05 Å². The SMILES string of the molecule is Cn1cc(-c2cc(CN[SH](=O)=O)ccc2Oc2ccc(C#N)cc2)c2cc[nH]c2c1=O. The predicted molar refractivity (Wildman–Crippen MR) is 117 cm³/mol. The molecule has 0 aliphatic rings. The third kappa shape index (κ3) is 4.21. The average molecular weight is 434 g/mol. The van der Waals surface area contributed by atoms with Crippen LogP contribution in [0.5, 0.6) is 11.5 Å². The third-order valence-electron chi connectivity index (χ3n) is 4.85. The van der Waals surface area contributed by atoms with Crippen LogP contribution in [0.2, 0.25) is 0 Å². The molecule has 2 heterocycles. The van der Waals surface area contributed by atoms with Crippen molar-refractivity contribution in [2.75, 3.05) is 0 Å². The van der Waals surface area contributed by atoms with Gasteiger partial charge in [0, 0.05) is 42.5 Å². The zero-order valence-electron chi connectivity index (χ0n) is 16.5. The van der Waals surface area contributed by atoms with E-state index in [4.69, 9.17) is 10.00 Å². The van der Waals surface area contributed by atoms with Crippen LogP contribution in [0.15, 0.2) is 65.7 Å². The topological polar surface area (TPSA) is 117 Å². The quantitative estimate of drug-likeness (QED) is 0.404. The fraction of sp³-hybridized carbons (Fsp3) is 0.0909. The van der Waals surface area contributed by atoms with E-state index in [1.54, 1.807) is 55.8 Å². The lowest BCUT2D eigenvalue weighted by Crippen LogP contribution is -2.16. The molecule has 0 bridgehead atoms. The highest BCUT2D eigenvalue weighted by Gasteiger charge is 2.15. The van der Waals surface area contributed by atoms with Crippen LogP contribution in [0.3, 0.4) is 0 Å². The molecule has 4 rings (SSSR count). The molecule has 0 atom stereocenters. The first-order valence-electron chi connectivity index (χ1n) is 9.32. The Kier molecular flexibility index (Phi) is 5.58. The van der Waals surface area contributed by atoms with E-state index in [1.807, 2.05) is 12.1 Å². The van der Waals surface area contributed by atoms with E-state index in [9.17, 15) is 13.2 Å². The summed E-state index contributed by atoms with van der Waals surface area (Å²) in [6, 6.07) is 16.0. The number of fused-ring (bicyclic) bond motifs is 1. The lowest BCUT2D eigenvalue weighted by Gasteiger charge is -2.15. The van der Waals surface area contributed by atoms with Crippen LogP contribution in [-0.4, -0.2) is 18.0 Å². The molecule has 4 aromatic rings.